The van der Waals surface area contributed by atoms with E-state index in [9.17, 15) is 23.3 Å². The molecule has 0 N–H and O–H groups in total. The van der Waals surface area contributed by atoms with E-state index in [1.165, 1.54) is 18.2 Å². The molecular formula is C13H6Cl2F3NO2. The van der Waals surface area contributed by atoms with Gasteiger partial charge in [-0.3, -0.25) is 10.1 Å². The van der Waals surface area contributed by atoms with Gasteiger partial charge in [-0.15, -0.1) is 0 Å². The molecule has 0 bridgehead atoms. The van der Waals surface area contributed by atoms with E-state index in [1.54, 1.807) is 0 Å². The number of hydrogen-bond donors (Lipinski definition) is 0. The lowest BCUT2D eigenvalue weighted by Gasteiger charge is -2.11. The fraction of sp³-hybridized carbons (Fsp3) is 0.0769. The minimum Gasteiger partial charge on any atom is -0.258 e. The van der Waals surface area contributed by atoms with Gasteiger partial charge in [-0.2, -0.15) is 13.2 Å². The first-order chi connectivity index (χ1) is 9.70. The van der Waals surface area contributed by atoms with Gasteiger partial charge in [-0.1, -0.05) is 29.3 Å². The predicted molar refractivity (Wildman–Crippen MR) is 73.6 cm³/mol. The van der Waals surface area contributed by atoms with Crippen molar-refractivity contribution in [1.29, 1.82) is 0 Å². The molecule has 0 heterocycles. The standard InChI is InChI=1S/C13H6Cl2F3NO2/c14-8-2-3-9(11(15)6-8)10-5-7(13(16,17)18)1-4-12(10)19(20)21/h1-6H. The highest BCUT2D eigenvalue weighted by Crippen LogP contribution is 2.40. The van der Waals surface area contributed by atoms with Crippen LogP contribution in [-0.4, -0.2) is 4.92 Å². The Morgan fingerprint density at radius 2 is 1.67 bits per heavy atom. The normalized spacial score (nSPS) is 11.5. The van der Waals surface area contributed by atoms with E-state index in [2.05, 4.69) is 0 Å². The van der Waals surface area contributed by atoms with Crippen molar-refractivity contribution in [1.82, 2.24) is 0 Å². The van der Waals surface area contributed by atoms with Crippen LogP contribution in [0.1, 0.15) is 5.56 Å². The second kappa shape index (κ2) is 5.54. The van der Waals surface area contributed by atoms with E-state index in [0.717, 1.165) is 6.07 Å². The molecule has 3 nitrogen and oxygen atoms in total. The molecule has 0 atom stereocenters. The first-order valence-electron chi connectivity index (χ1n) is 5.51. The van der Waals surface area contributed by atoms with Crippen LogP contribution in [-0.2, 0) is 6.18 Å². The third-order valence-corrected chi connectivity index (χ3v) is 3.29. The maximum atomic E-state index is 12.8. The van der Waals surface area contributed by atoms with Crippen molar-refractivity contribution in [2.75, 3.05) is 0 Å². The highest BCUT2D eigenvalue weighted by molar-refractivity contribution is 6.36. The smallest absolute Gasteiger partial charge is 0.258 e. The van der Waals surface area contributed by atoms with Crippen molar-refractivity contribution in [3.05, 3.63) is 62.1 Å². The van der Waals surface area contributed by atoms with Gasteiger partial charge in [0.25, 0.3) is 5.69 Å². The summed E-state index contributed by atoms with van der Waals surface area (Å²) in [5.41, 5.74) is -1.56. The van der Waals surface area contributed by atoms with Crippen molar-refractivity contribution >= 4 is 28.9 Å². The summed E-state index contributed by atoms with van der Waals surface area (Å²) in [7, 11) is 0. The van der Waals surface area contributed by atoms with E-state index in [0.29, 0.717) is 12.1 Å². The quantitative estimate of drug-likeness (QED) is 0.530. The van der Waals surface area contributed by atoms with Crippen molar-refractivity contribution < 1.29 is 18.1 Å². The monoisotopic (exact) mass is 335 g/mol. The molecular weight excluding hydrogens is 330 g/mol. The van der Waals surface area contributed by atoms with Crippen LogP contribution >= 0.6 is 23.2 Å². The van der Waals surface area contributed by atoms with Gasteiger partial charge in [0.1, 0.15) is 0 Å². The third-order valence-electron chi connectivity index (χ3n) is 2.74. The van der Waals surface area contributed by atoms with Crippen LogP contribution in [0.2, 0.25) is 10.0 Å². The summed E-state index contributed by atoms with van der Waals surface area (Å²) in [6.07, 6.45) is -4.61. The maximum absolute atomic E-state index is 12.8. The zero-order valence-corrected chi connectivity index (χ0v) is 11.6. The van der Waals surface area contributed by atoms with Gasteiger partial charge < -0.3 is 0 Å². The third kappa shape index (κ3) is 3.28. The fourth-order valence-electron chi connectivity index (χ4n) is 1.80. The summed E-state index contributed by atoms with van der Waals surface area (Å²) >= 11 is 11.6. The van der Waals surface area contributed by atoms with Crippen molar-refractivity contribution in [3.63, 3.8) is 0 Å². The number of nitro groups is 1. The first-order valence-corrected chi connectivity index (χ1v) is 6.27. The van der Waals surface area contributed by atoms with E-state index in [1.807, 2.05) is 0 Å². The van der Waals surface area contributed by atoms with Crippen LogP contribution in [0.25, 0.3) is 11.1 Å². The molecule has 0 radical (unpaired) electrons. The molecule has 110 valence electrons. The Balaban J connectivity index is 2.72. The summed E-state index contributed by atoms with van der Waals surface area (Å²) in [6, 6.07) is 6.21. The number of benzene rings is 2. The SMILES string of the molecule is O=[N+]([O-])c1ccc(C(F)(F)F)cc1-c1ccc(Cl)cc1Cl. The number of nitrogens with zero attached hydrogens (tertiary/aromatic N) is 1. The van der Waals surface area contributed by atoms with Crippen molar-refractivity contribution in [2.24, 2.45) is 0 Å². The molecule has 0 saturated heterocycles. The zero-order valence-electron chi connectivity index (χ0n) is 10.1. The lowest BCUT2D eigenvalue weighted by Crippen LogP contribution is -2.06. The number of rotatable bonds is 2. The van der Waals surface area contributed by atoms with E-state index in [-0.39, 0.29) is 21.2 Å². The highest BCUT2D eigenvalue weighted by Gasteiger charge is 2.32. The molecule has 0 unspecified atom stereocenters. The molecule has 2 aromatic rings. The molecule has 2 aromatic carbocycles. The van der Waals surface area contributed by atoms with Crippen molar-refractivity contribution in [3.8, 4) is 11.1 Å². The summed E-state index contributed by atoms with van der Waals surface area (Å²) in [5, 5.41) is 11.3. The first kappa shape index (κ1) is 15.6. The van der Waals surface area contributed by atoms with Crippen molar-refractivity contribution in [2.45, 2.75) is 6.18 Å². The summed E-state index contributed by atoms with van der Waals surface area (Å²) in [4.78, 5) is 10.2. The second-order valence-electron chi connectivity index (χ2n) is 4.11. The number of hydrogen-bond acceptors (Lipinski definition) is 2. The summed E-state index contributed by atoms with van der Waals surface area (Å²) in [6.45, 7) is 0. The van der Waals surface area contributed by atoms with Crippen LogP contribution in [0.15, 0.2) is 36.4 Å². The zero-order chi connectivity index (χ0) is 15.8. The number of nitro benzene ring substituents is 1. The Bertz CT molecular complexity index is 717. The summed E-state index contributed by atoms with van der Waals surface area (Å²) < 4.78 is 38.3. The van der Waals surface area contributed by atoms with Gasteiger partial charge in [0.15, 0.2) is 0 Å². The Morgan fingerprint density at radius 3 is 2.19 bits per heavy atom. The van der Waals surface area contributed by atoms with Crippen LogP contribution in [0.4, 0.5) is 18.9 Å². The van der Waals surface area contributed by atoms with E-state index < -0.39 is 22.4 Å². The number of alkyl halides is 3. The molecule has 0 amide bonds. The lowest BCUT2D eigenvalue weighted by molar-refractivity contribution is -0.384. The largest absolute Gasteiger partial charge is 0.416 e. The van der Waals surface area contributed by atoms with Crippen LogP contribution in [0.3, 0.4) is 0 Å². The molecule has 0 aromatic heterocycles. The van der Waals surface area contributed by atoms with Gasteiger partial charge >= 0.3 is 6.18 Å². The Kier molecular flexibility index (Phi) is 4.11. The molecule has 21 heavy (non-hydrogen) atoms. The topological polar surface area (TPSA) is 43.1 Å². The Hall–Kier alpha value is -1.79. The van der Waals surface area contributed by atoms with E-state index in [4.69, 9.17) is 23.2 Å². The minimum absolute atomic E-state index is 0.0323. The van der Waals surface area contributed by atoms with Gasteiger partial charge in [0, 0.05) is 16.7 Å². The fourth-order valence-corrected chi connectivity index (χ4v) is 2.31. The molecule has 0 aliphatic carbocycles. The lowest BCUT2D eigenvalue weighted by atomic mass is 10.0. The van der Waals surface area contributed by atoms with Gasteiger partial charge in [-0.25, -0.2) is 0 Å². The second-order valence-corrected chi connectivity index (χ2v) is 4.95. The number of halogens is 5. The molecule has 0 aliphatic heterocycles. The molecule has 2 rings (SSSR count). The van der Waals surface area contributed by atoms with Crippen LogP contribution in [0, 0.1) is 10.1 Å². The van der Waals surface area contributed by atoms with Gasteiger partial charge in [-0.05, 0) is 24.3 Å². The Labute approximate surface area is 127 Å². The van der Waals surface area contributed by atoms with Crippen LogP contribution in [0.5, 0.6) is 0 Å². The molecule has 0 aliphatic rings. The highest BCUT2D eigenvalue weighted by atomic mass is 35.5. The molecule has 0 spiro atoms. The summed E-state index contributed by atoms with van der Waals surface area (Å²) in [5.74, 6) is 0. The van der Waals surface area contributed by atoms with Gasteiger partial charge in [0.2, 0.25) is 0 Å². The molecule has 0 saturated carbocycles. The molecule has 0 fully saturated rings. The maximum Gasteiger partial charge on any atom is 0.416 e. The van der Waals surface area contributed by atoms with E-state index >= 15 is 0 Å². The minimum atomic E-state index is -4.61. The van der Waals surface area contributed by atoms with Crippen LogP contribution < -0.4 is 0 Å². The average molecular weight is 336 g/mol. The average Bonchev–Trinajstić information content (AvgIpc) is 2.37. The molecule has 8 heteroatoms. The Morgan fingerprint density at radius 1 is 1.00 bits per heavy atom. The van der Waals surface area contributed by atoms with Gasteiger partial charge in [0.05, 0.1) is 21.1 Å². The predicted octanol–water partition coefficient (Wildman–Crippen LogP) is 5.59.